The quantitative estimate of drug-likeness (QED) is 0.480. The SMILES string of the molecule is CC(C)(C)C(N)c1c(OC(F)(F)F)c(OC(F)(F)F)cc(OC(F)(F)F)c1OC(F)(F)F. The number of halogens is 12. The fourth-order valence-corrected chi connectivity index (χ4v) is 2.18. The van der Waals surface area contributed by atoms with Gasteiger partial charge in [-0.05, 0) is 5.41 Å². The van der Waals surface area contributed by atoms with Crippen LogP contribution in [-0.2, 0) is 0 Å². The molecule has 17 heteroatoms. The molecular weight excluding hydrogens is 486 g/mol. The summed E-state index contributed by atoms with van der Waals surface area (Å²) in [4.78, 5) is 0. The van der Waals surface area contributed by atoms with Gasteiger partial charge in [0, 0.05) is 12.1 Å². The van der Waals surface area contributed by atoms with Gasteiger partial charge in [-0.25, -0.2) is 0 Å². The third-order valence-electron chi connectivity index (χ3n) is 3.33. The van der Waals surface area contributed by atoms with E-state index >= 15 is 0 Å². The van der Waals surface area contributed by atoms with Gasteiger partial charge < -0.3 is 24.7 Å². The molecule has 0 saturated heterocycles. The highest BCUT2D eigenvalue weighted by Crippen LogP contribution is 2.54. The summed E-state index contributed by atoms with van der Waals surface area (Å²) in [5.74, 6) is -8.44. The number of nitrogens with two attached hydrogens (primary N) is 1. The normalized spacial score (nSPS) is 14.8. The topological polar surface area (TPSA) is 62.9 Å². The van der Waals surface area contributed by atoms with Crippen molar-refractivity contribution in [2.24, 2.45) is 11.1 Å². The van der Waals surface area contributed by atoms with Gasteiger partial charge in [-0.2, -0.15) is 0 Å². The number of hydrogen-bond donors (Lipinski definition) is 1. The van der Waals surface area contributed by atoms with Gasteiger partial charge in [0.15, 0.2) is 23.0 Å². The molecule has 1 aromatic rings. The van der Waals surface area contributed by atoms with E-state index in [2.05, 4.69) is 18.9 Å². The summed E-state index contributed by atoms with van der Waals surface area (Å²) < 4.78 is 167. The van der Waals surface area contributed by atoms with Crippen LogP contribution in [0.2, 0.25) is 0 Å². The Bertz CT molecular complexity index is 751. The molecule has 186 valence electrons. The van der Waals surface area contributed by atoms with Crippen molar-refractivity contribution in [1.82, 2.24) is 0 Å². The van der Waals surface area contributed by atoms with E-state index in [-0.39, 0.29) is 0 Å². The average Bonchev–Trinajstić information content (AvgIpc) is 2.44. The second-order valence-corrected chi connectivity index (χ2v) is 6.98. The molecule has 0 saturated carbocycles. The molecule has 5 nitrogen and oxygen atoms in total. The molecule has 0 spiro atoms. The molecule has 0 aliphatic rings. The van der Waals surface area contributed by atoms with E-state index in [0.717, 1.165) is 20.8 Å². The summed E-state index contributed by atoms with van der Waals surface area (Å²) in [6.07, 6.45) is -23.3. The van der Waals surface area contributed by atoms with E-state index < -0.39 is 71.5 Å². The van der Waals surface area contributed by atoms with Crippen molar-refractivity contribution in [3.05, 3.63) is 11.6 Å². The lowest BCUT2D eigenvalue weighted by atomic mass is 9.82. The standard InChI is InChI=1S/C15H13F12NO4/c1-11(2,3)10(28)7-8(31-14(22,23)24)5(29-12(16,17)18)4-6(30-13(19,20)21)9(7)32-15(25,26)27/h4,10H,28H2,1-3H3. The number of ether oxygens (including phenoxy) is 4. The molecule has 1 rings (SSSR count). The summed E-state index contributed by atoms with van der Waals surface area (Å²) in [5, 5.41) is 0. The third kappa shape index (κ3) is 8.58. The average molecular weight is 499 g/mol. The first-order valence-electron chi connectivity index (χ1n) is 7.89. The van der Waals surface area contributed by atoms with Crippen LogP contribution in [0, 0.1) is 5.41 Å². The summed E-state index contributed by atoms with van der Waals surface area (Å²) in [6.45, 7) is 3.32. The van der Waals surface area contributed by atoms with Crippen LogP contribution in [0.5, 0.6) is 23.0 Å². The van der Waals surface area contributed by atoms with Crippen LogP contribution < -0.4 is 24.7 Å². The van der Waals surface area contributed by atoms with E-state index in [1.165, 1.54) is 0 Å². The zero-order valence-corrected chi connectivity index (χ0v) is 15.9. The monoisotopic (exact) mass is 499 g/mol. The van der Waals surface area contributed by atoms with Crippen LogP contribution in [0.1, 0.15) is 32.4 Å². The van der Waals surface area contributed by atoms with E-state index in [0.29, 0.717) is 0 Å². The second-order valence-electron chi connectivity index (χ2n) is 6.98. The molecule has 2 N–H and O–H groups in total. The highest BCUT2D eigenvalue weighted by Gasteiger charge is 2.46. The van der Waals surface area contributed by atoms with Crippen LogP contribution in [-0.4, -0.2) is 25.4 Å². The molecule has 1 aromatic carbocycles. The highest BCUT2D eigenvalue weighted by atomic mass is 19.4. The Morgan fingerprint density at radius 2 is 0.875 bits per heavy atom. The Balaban J connectivity index is 4.14. The van der Waals surface area contributed by atoms with Gasteiger partial charge in [0.25, 0.3) is 0 Å². The molecule has 32 heavy (non-hydrogen) atoms. The lowest BCUT2D eigenvalue weighted by molar-refractivity contribution is -0.292. The maximum Gasteiger partial charge on any atom is 0.573 e. The predicted octanol–water partition coefficient (Wildman–Crippen LogP) is 6.33. The van der Waals surface area contributed by atoms with Crippen molar-refractivity contribution in [2.45, 2.75) is 52.3 Å². The Hall–Kier alpha value is -2.46. The Morgan fingerprint density at radius 1 is 0.594 bits per heavy atom. The van der Waals surface area contributed by atoms with Gasteiger partial charge in [0.1, 0.15) is 0 Å². The van der Waals surface area contributed by atoms with Crippen molar-refractivity contribution in [2.75, 3.05) is 0 Å². The molecule has 0 heterocycles. The van der Waals surface area contributed by atoms with Crippen molar-refractivity contribution in [3.8, 4) is 23.0 Å². The van der Waals surface area contributed by atoms with E-state index in [1.807, 2.05) is 0 Å². The van der Waals surface area contributed by atoms with Gasteiger partial charge in [0.2, 0.25) is 0 Å². The van der Waals surface area contributed by atoms with Crippen molar-refractivity contribution in [3.63, 3.8) is 0 Å². The first kappa shape index (κ1) is 27.6. The minimum atomic E-state index is -5.84. The summed E-state index contributed by atoms with van der Waals surface area (Å²) in [5.41, 5.74) is 2.38. The fraction of sp³-hybridized carbons (Fsp3) is 0.600. The fourth-order valence-electron chi connectivity index (χ4n) is 2.18. The second kappa shape index (κ2) is 8.47. The van der Waals surface area contributed by atoms with Crippen molar-refractivity contribution >= 4 is 0 Å². The maximum absolute atomic E-state index is 12.9. The molecule has 1 atom stereocenters. The summed E-state index contributed by atoms with van der Waals surface area (Å²) >= 11 is 0. The van der Waals surface area contributed by atoms with Gasteiger partial charge in [0.05, 0.1) is 5.56 Å². The van der Waals surface area contributed by atoms with Gasteiger partial charge in [-0.1, -0.05) is 20.8 Å². The van der Waals surface area contributed by atoms with E-state index in [9.17, 15) is 52.7 Å². The van der Waals surface area contributed by atoms with Crippen LogP contribution in [0.3, 0.4) is 0 Å². The number of hydrogen-bond acceptors (Lipinski definition) is 5. The number of benzene rings is 1. The van der Waals surface area contributed by atoms with Crippen LogP contribution >= 0.6 is 0 Å². The summed E-state index contributed by atoms with van der Waals surface area (Å²) in [6, 6.07) is -2.67. The Morgan fingerprint density at radius 3 is 1.09 bits per heavy atom. The largest absolute Gasteiger partial charge is 0.573 e. The van der Waals surface area contributed by atoms with Crippen molar-refractivity contribution < 1.29 is 71.6 Å². The van der Waals surface area contributed by atoms with Crippen LogP contribution in [0.4, 0.5) is 52.7 Å². The van der Waals surface area contributed by atoms with Crippen LogP contribution in [0.25, 0.3) is 0 Å². The van der Waals surface area contributed by atoms with Gasteiger partial charge >= 0.3 is 25.4 Å². The molecule has 0 bridgehead atoms. The van der Waals surface area contributed by atoms with Crippen molar-refractivity contribution in [1.29, 1.82) is 0 Å². The lowest BCUT2D eigenvalue weighted by Gasteiger charge is -2.32. The highest BCUT2D eigenvalue weighted by molar-refractivity contribution is 5.63. The Kier molecular flexibility index (Phi) is 7.30. The maximum atomic E-state index is 12.9. The third-order valence-corrected chi connectivity index (χ3v) is 3.33. The lowest BCUT2D eigenvalue weighted by Crippen LogP contribution is -2.31. The molecule has 0 aliphatic heterocycles. The zero-order valence-electron chi connectivity index (χ0n) is 15.9. The first-order valence-corrected chi connectivity index (χ1v) is 7.89. The number of rotatable bonds is 5. The van der Waals surface area contributed by atoms with E-state index in [4.69, 9.17) is 5.73 Å². The minimum Gasteiger partial charge on any atom is -0.402 e. The smallest absolute Gasteiger partial charge is 0.402 e. The Labute approximate surface area is 170 Å². The molecule has 0 amide bonds. The van der Waals surface area contributed by atoms with Gasteiger partial charge in [-0.15, -0.1) is 52.7 Å². The molecule has 0 aliphatic carbocycles. The van der Waals surface area contributed by atoms with Crippen LogP contribution in [0.15, 0.2) is 6.07 Å². The molecule has 1 unspecified atom stereocenters. The first-order chi connectivity index (χ1) is 13.9. The minimum absolute atomic E-state index is 0.554. The summed E-state index contributed by atoms with van der Waals surface area (Å²) in [7, 11) is 0. The molecule has 0 aromatic heterocycles. The molecule has 0 fully saturated rings. The molecule has 0 radical (unpaired) electrons. The molecular formula is C15H13F12NO4. The predicted molar refractivity (Wildman–Crippen MR) is 79.6 cm³/mol. The van der Waals surface area contributed by atoms with E-state index in [1.54, 1.807) is 0 Å². The zero-order chi connectivity index (χ0) is 25.5. The van der Waals surface area contributed by atoms with Gasteiger partial charge in [-0.3, -0.25) is 0 Å². The number of alkyl halides is 12.